The zero-order valence-corrected chi connectivity index (χ0v) is 10.3. The molecule has 0 amide bonds. The molecule has 1 aliphatic rings. The molecule has 1 aromatic rings. The molecular weight excluding hydrogens is 206 g/mol. The number of hydrogen-bond acceptors (Lipinski definition) is 4. The van der Waals surface area contributed by atoms with Gasteiger partial charge in [-0.3, -0.25) is 4.90 Å². The van der Waals surface area contributed by atoms with Crippen LogP contribution in [0.25, 0.3) is 0 Å². The van der Waals surface area contributed by atoms with Gasteiger partial charge in [0.25, 0.3) is 0 Å². The highest BCUT2D eigenvalue weighted by Gasteiger charge is 2.16. The van der Waals surface area contributed by atoms with Gasteiger partial charge in [-0.15, -0.1) is 11.3 Å². The minimum atomic E-state index is 0.623. The minimum absolute atomic E-state index is 0.623. The fourth-order valence-electron chi connectivity index (χ4n) is 1.96. The van der Waals surface area contributed by atoms with E-state index in [0.29, 0.717) is 6.04 Å². The predicted molar refractivity (Wildman–Crippen MR) is 64.2 cm³/mol. The molecule has 15 heavy (non-hydrogen) atoms. The number of nitrogens with zero attached hydrogens (tertiary/aromatic N) is 2. The number of aryl methyl sites for hydroxylation is 1. The Bertz CT molecular complexity index is 311. The number of piperazine rings is 1. The summed E-state index contributed by atoms with van der Waals surface area (Å²) in [5, 5.41) is 4.72. The van der Waals surface area contributed by atoms with Gasteiger partial charge in [-0.25, -0.2) is 4.98 Å². The summed E-state index contributed by atoms with van der Waals surface area (Å²) in [5.74, 6) is 0. The lowest BCUT2D eigenvalue weighted by atomic mass is 10.2. The van der Waals surface area contributed by atoms with Crippen molar-refractivity contribution in [2.75, 3.05) is 19.6 Å². The molecule has 2 heterocycles. The van der Waals surface area contributed by atoms with E-state index in [1.54, 1.807) is 0 Å². The normalized spacial score (nSPS) is 23.2. The van der Waals surface area contributed by atoms with E-state index in [-0.39, 0.29) is 0 Å². The van der Waals surface area contributed by atoms with Gasteiger partial charge >= 0.3 is 0 Å². The van der Waals surface area contributed by atoms with Gasteiger partial charge in [-0.1, -0.05) is 6.92 Å². The molecule has 1 saturated heterocycles. The van der Waals surface area contributed by atoms with Crippen LogP contribution in [-0.2, 0) is 13.0 Å². The van der Waals surface area contributed by atoms with E-state index in [0.717, 1.165) is 32.6 Å². The van der Waals surface area contributed by atoms with Crippen LogP contribution in [0.15, 0.2) is 6.20 Å². The molecule has 1 aliphatic heterocycles. The van der Waals surface area contributed by atoms with Crippen molar-refractivity contribution in [3.8, 4) is 0 Å². The quantitative estimate of drug-likeness (QED) is 0.845. The molecule has 1 N–H and O–H groups in total. The van der Waals surface area contributed by atoms with Crippen molar-refractivity contribution < 1.29 is 0 Å². The van der Waals surface area contributed by atoms with Crippen LogP contribution in [0.1, 0.15) is 23.7 Å². The van der Waals surface area contributed by atoms with Crippen molar-refractivity contribution in [3.63, 3.8) is 0 Å². The Morgan fingerprint density at radius 2 is 2.53 bits per heavy atom. The summed E-state index contributed by atoms with van der Waals surface area (Å²) in [4.78, 5) is 8.31. The SMILES string of the molecule is CCc1ncc(CN2CCN[C@H](C)C2)s1. The molecule has 84 valence electrons. The van der Waals surface area contributed by atoms with Crippen LogP contribution in [0.3, 0.4) is 0 Å². The molecular formula is C11H19N3S. The lowest BCUT2D eigenvalue weighted by molar-refractivity contribution is 0.201. The van der Waals surface area contributed by atoms with Gasteiger partial charge in [0.1, 0.15) is 0 Å². The summed E-state index contributed by atoms with van der Waals surface area (Å²) in [7, 11) is 0. The Balaban J connectivity index is 1.90. The lowest BCUT2D eigenvalue weighted by Gasteiger charge is -2.31. The third-order valence-electron chi connectivity index (χ3n) is 2.74. The standard InChI is InChI=1S/C11H19N3S/c1-3-11-13-6-10(15-11)8-14-5-4-12-9(2)7-14/h6,9,12H,3-5,7-8H2,1-2H3/t9-/m1/s1. The first-order valence-electron chi connectivity index (χ1n) is 5.67. The molecule has 1 fully saturated rings. The van der Waals surface area contributed by atoms with Crippen LogP contribution in [0.2, 0.25) is 0 Å². The van der Waals surface area contributed by atoms with Crippen molar-refractivity contribution in [3.05, 3.63) is 16.1 Å². The fourth-order valence-corrected chi connectivity index (χ4v) is 2.87. The molecule has 2 rings (SSSR count). The van der Waals surface area contributed by atoms with Gasteiger partial charge in [-0.05, 0) is 13.3 Å². The van der Waals surface area contributed by atoms with Gasteiger partial charge in [-0.2, -0.15) is 0 Å². The second kappa shape index (κ2) is 5.05. The van der Waals surface area contributed by atoms with Crippen molar-refractivity contribution in [2.24, 2.45) is 0 Å². The Morgan fingerprint density at radius 1 is 1.67 bits per heavy atom. The van der Waals surface area contributed by atoms with Crippen molar-refractivity contribution in [1.82, 2.24) is 15.2 Å². The van der Waals surface area contributed by atoms with Crippen LogP contribution in [0.5, 0.6) is 0 Å². The zero-order valence-electron chi connectivity index (χ0n) is 9.49. The zero-order chi connectivity index (χ0) is 10.7. The highest BCUT2D eigenvalue weighted by atomic mass is 32.1. The van der Waals surface area contributed by atoms with E-state index in [1.807, 2.05) is 17.5 Å². The highest BCUT2D eigenvalue weighted by Crippen LogP contribution is 2.16. The number of hydrogen-bond donors (Lipinski definition) is 1. The first-order chi connectivity index (χ1) is 7.28. The largest absolute Gasteiger partial charge is 0.312 e. The van der Waals surface area contributed by atoms with Gasteiger partial charge in [0.15, 0.2) is 0 Å². The summed E-state index contributed by atoms with van der Waals surface area (Å²) in [5.41, 5.74) is 0. The Kier molecular flexibility index (Phi) is 3.72. The van der Waals surface area contributed by atoms with E-state index in [2.05, 4.69) is 29.0 Å². The molecule has 0 bridgehead atoms. The third-order valence-corrected chi connectivity index (χ3v) is 3.86. The third kappa shape index (κ3) is 3.00. The number of rotatable bonds is 3. The molecule has 1 atom stereocenters. The maximum atomic E-state index is 4.40. The number of nitrogens with one attached hydrogen (secondary N) is 1. The predicted octanol–water partition coefficient (Wildman–Crippen LogP) is 1.50. The molecule has 0 aromatic carbocycles. The molecule has 0 spiro atoms. The second-order valence-electron chi connectivity index (χ2n) is 4.16. The fraction of sp³-hybridized carbons (Fsp3) is 0.727. The van der Waals surface area contributed by atoms with Gasteiger partial charge in [0.2, 0.25) is 0 Å². The summed E-state index contributed by atoms with van der Waals surface area (Å²) >= 11 is 1.85. The van der Waals surface area contributed by atoms with Crippen molar-refractivity contribution in [1.29, 1.82) is 0 Å². The first kappa shape index (κ1) is 11.0. The summed E-state index contributed by atoms with van der Waals surface area (Å²) in [6.45, 7) is 8.90. The van der Waals surface area contributed by atoms with Gasteiger partial charge in [0, 0.05) is 43.3 Å². The maximum Gasteiger partial charge on any atom is 0.0925 e. The molecule has 4 heteroatoms. The molecule has 0 unspecified atom stereocenters. The molecule has 0 radical (unpaired) electrons. The van der Waals surface area contributed by atoms with Gasteiger partial charge < -0.3 is 5.32 Å². The Morgan fingerprint density at radius 3 is 3.20 bits per heavy atom. The van der Waals surface area contributed by atoms with E-state index in [9.17, 15) is 0 Å². The van der Waals surface area contributed by atoms with Crippen LogP contribution < -0.4 is 5.32 Å². The van der Waals surface area contributed by atoms with Crippen molar-refractivity contribution >= 4 is 11.3 Å². The van der Waals surface area contributed by atoms with E-state index in [1.165, 1.54) is 9.88 Å². The summed E-state index contributed by atoms with van der Waals surface area (Å²) in [6.07, 6.45) is 3.10. The summed E-state index contributed by atoms with van der Waals surface area (Å²) in [6, 6.07) is 0.623. The highest BCUT2D eigenvalue weighted by molar-refractivity contribution is 7.11. The second-order valence-corrected chi connectivity index (χ2v) is 5.36. The van der Waals surface area contributed by atoms with E-state index in [4.69, 9.17) is 0 Å². The van der Waals surface area contributed by atoms with E-state index < -0.39 is 0 Å². The maximum absolute atomic E-state index is 4.40. The monoisotopic (exact) mass is 225 g/mol. The average Bonchev–Trinajstić information content (AvgIpc) is 2.65. The molecule has 0 aliphatic carbocycles. The smallest absolute Gasteiger partial charge is 0.0925 e. The Labute approximate surface area is 95.5 Å². The van der Waals surface area contributed by atoms with Crippen LogP contribution in [0, 0.1) is 0 Å². The Hall–Kier alpha value is -0.450. The molecule has 1 aromatic heterocycles. The van der Waals surface area contributed by atoms with Crippen molar-refractivity contribution in [2.45, 2.75) is 32.9 Å². The topological polar surface area (TPSA) is 28.2 Å². The van der Waals surface area contributed by atoms with E-state index >= 15 is 0 Å². The van der Waals surface area contributed by atoms with Crippen LogP contribution in [-0.4, -0.2) is 35.6 Å². The minimum Gasteiger partial charge on any atom is -0.312 e. The molecule has 3 nitrogen and oxygen atoms in total. The number of thiazole rings is 1. The van der Waals surface area contributed by atoms with Crippen LogP contribution >= 0.6 is 11.3 Å². The van der Waals surface area contributed by atoms with Crippen LogP contribution in [0.4, 0.5) is 0 Å². The summed E-state index contributed by atoms with van der Waals surface area (Å²) < 4.78 is 0. The molecule has 0 saturated carbocycles. The average molecular weight is 225 g/mol. The first-order valence-corrected chi connectivity index (χ1v) is 6.49. The lowest BCUT2D eigenvalue weighted by Crippen LogP contribution is -2.48. The van der Waals surface area contributed by atoms with Gasteiger partial charge in [0.05, 0.1) is 5.01 Å². The number of aromatic nitrogens is 1.